The molecule has 5 heteroatoms. The third kappa shape index (κ3) is 5.49. The van der Waals surface area contributed by atoms with Crippen LogP contribution in [0.4, 0.5) is 0 Å². The van der Waals surface area contributed by atoms with Crippen LogP contribution in [0.3, 0.4) is 0 Å². The molecule has 1 atom stereocenters. The molecule has 0 aromatic heterocycles. The van der Waals surface area contributed by atoms with Crippen molar-refractivity contribution in [3.63, 3.8) is 0 Å². The van der Waals surface area contributed by atoms with Crippen molar-refractivity contribution in [2.24, 2.45) is 11.8 Å². The first kappa shape index (κ1) is 15.0. The largest absolute Gasteiger partial charge is 0.480 e. The Kier molecular flexibility index (Phi) is 6.12. The molecular weight excluding hydrogens is 234 g/mol. The number of carbonyl (C=O) groups is 2. The average Bonchev–Trinajstić information content (AvgIpc) is 2.28. The van der Waals surface area contributed by atoms with Gasteiger partial charge in [-0.15, -0.1) is 0 Å². The predicted molar refractivity (Wildman–Crippen MR) is 67.2 cm³/mol. The molecule has 18 heavy (non-hydrogen) atoms. The van der Waals surface area contributed by atoms with Crippen LogP contribution in [-0.2, 0) is 14.3 Å². The fraction of sp³-hybridized carbons (Fsp3) is 0.846. The third-order valence-electron chi connectivity index (χ3n) is 3.16. The van der Waals surface area contributed by atoms with Gasteiger partial charge in [0.25, 0.3) is 0 Å². The van der Waals surface area contributed by atoms with Crippen molar-refractivity contribution >= 4 is 11.9 Å². The van der Waals surface area contributed by atoms with E-state index in [1.54, 1.807) is 0 Å². The van der Waals surface area contributed by atoms with Crippen molar-refractivity contribution in [2.45, 2.75) is 45.6 Å². The first-order valence-electron chi connectivity index (χ1n) is 6.59. The molecule has 0 saturated carbocycles. The van der Waals surface area contributed by atoms with Crippen LogP contribution >= 0.6 is 0 Å². The van der Waals surface area contributed by atoms with Crippen molar-refractivity contribution in [1.29, 1.82) is 0 Å². The summed E-state index contributed by atoms with van der Waals surface area (Å²) < 4.78 is 5.23. The van der Waals surface area contributed by atoms with Gasteiger partial charge in [-0.2, -0.15) is 0 Å². The number of ether oxygens (including phenoxy) is 1. The molecule has 1 aliphatic rings. The second kappa shape index (κ2) is 7.36. The van der Waals surface area contributed by atoms with Crippen molar-refractivity contribution in [2.75, 3.05) is 13.2 Å². The molecule has 2 N–H and O–H groups in total. The maximum absolute atomic E-state index is 11.8. The highest BCUT2D eigenvalue weighted by Gasteiger charge is 2.23. The summed E-state index contributed by atoms with van der Waals surface area (Å²) in [5, 5.41) is 11.7. The summed E-state index contributed by atoms with van der Waals surface area (Å²) in [7, 11) is 0. The Balaban J connectivity index is 2.37. The molecule has 5 nitrogen and oxygen atoms in total. The standard InChI is InChI=1S/C13H23NO4/c1-9(2)7-11(13(16)17)14-12(15)8-10-3-5-18-6-4-10/h9-11H,3-8H2,1-2H3,(H,14,15)(H,16,17)/t11-/m1/s1. The number of carboxylic acid groups (broad SMARTS) is 1. The Bertz CT molecular complexity index is 285. The molecule has 0 aliphatic carbocycles. The van der Waals surface area contributed by atoms with E-state index in [-0.39, 0.29) is 11.8 Å². The third-order valence-corrected chi connectivity index (χ3v) is 3.16. The monoisotopic (exact) mass is 257 g/mol. The van der Waals surface area contributed by atoms with Crippen LogP contribution in [0.25, 0.3) is 0 Å². The Hall–Kier alpha value is -1.10. The van der Waals surface area contributed by atoms with Gasteiger partial charge in [-0.25, -0.2) is 4.79 Å². The maximum atomic E-state index is 11.8. The van der Waals surface area contributed by atoms with Gasteiger partial charge in [0.05, 0.1) is 0 Å². The zero-order chi connectivity index (χ0) is 13.5. The van der Waals surface area contributed by atoms with Gasteiger partial charge in [0.1, 0.15) is 6.04 Å². The molecule has 0 aromatic rings. The smallest absolute Gasteiger partial charge is 0.326 e. The van der Waals surface area contributed by atoms with E-state index in [4.69, 9.17) is 9.84 Å². The molecule has 0 aromatic carbocycles. The average molecular weight is 257 g/mol. The first-order valence-corrected chi connectivity index (χ1v) is 6.59. The molecule has 0 bridgehead atoms. The summed E-state index contributed by atoms with van der Waals surface area (Å²) in [5.74, 6) is -0.541. The summed E-state index contributed by atoms with van der Waals surface area (Å²) in [6, 6.07) is -0.766. The van der Waals surface area contributed by atoms with Gasteiger partial charge < -0.3 is 15.2 Å². The van der Waals surface area contributed by atoms with Crippen LogP contribution in [0.15, 0.2) is 0 Å². The van der Waals surface area contributed by atoms with Crippen molar-refractivity contribution < 1.29 is 19.4 Å². The minimum Gasteiger partial charge on any atom is -0.480 e. The Labute approximate surface area is 108 Å². The lowest BCUT2D eigenvalue weighted by Gasteiger charge is -2.23. The van der Waals surface area contributed by atoms with E-state index in [0.717, 1.165) is 12.8 Å². The molecule has 104 valence electrons. The normalized spacial score (nSPS) is 18.6. The molecule has 1 fully saturated rings. The minimum absolute atomic E-state index is 0.157. The molecular formula is C13H23NO4. The predicted octanol–water partition coefficient (Wildman–Crippen LogP) is 1.42. The number of amides is 1. The summed E-state index contributed by atoms with van der Waals surface area (Å²) in [6.45, 7) is 5.29. The van der Waals surface area contributed by atoms with Crippen LogP contribution in [0.1, 0.15) is 39.5 Å². The topological polar surface area (TPSA) is 75.6 Å². The lowest BCUT2D eigenvalue weighted by Crippen LogP contribution is -2.42. The zero-order valence-corrected chi connectivity index (χ0v) is 11.1. The SMILES string of the molecule is CC(C)C[C@@H](NC(=O)CC1CCOCC1)C(=O)O. The number of hydrogen-bond donors (Lipinski definition) is 2. The van der Waals surface area contributed by atoms with Gasteiger partial charge in [-0.1, -0.05) is 13.8 Å². The second-order valence-corrected chi connectivity index (χ2v) is 5.35. The Morgan fingerprint density at radius 2 is 1.94 bits per heavy atom. The van der Waals surface area contributed by atoms with Crippen LogP contribution in [0, 0.1) is 11.8 Å². The highest BCUT2D eigenvalue weighted by Crippen LogP contribution is 2.18. The first-order chi connectivity index (χ1) is 8.49. The number of carboxylic acids is 1. The number of carbonyl (C=O) groups excluding carboxylic acids is 1. The number of rotatable bonds is 6. The number of nitrogens with one attached hydrogen (secondary N) is 1. The minimum atomic E-state index is -0.955. The van der Waals surface area contributed by atoms with E-state index in [1.807, 2.05) is 13.8 Å². The van der Waals surface area contributed by atoms with Crippen LogP contribution < -0.4 is 5.32 Å². The summed E-state index contributed by atoms with van der Waals surface area (Å²) >= 11 is 0. The van der Waals surface area contributed by atoms with E-state index in [0.29, 0.717) is 32.0 Å². The quantitative estimate of drug-likeness (QED) is 0.754. The zero-order valence-electron chi connectivity index (χ0n) is 11.1. The summed E-state index contributed by atoms with van der Waals surface area (Å²) in [6.07, 6.45) is 2.64. The van der Waals surface area contributed by atoms with Gasteiger partial charge >= 0.3 is 5.97 Å². The lowest BCUT2D eigenvalue weighted by molar-refractivity contribution is -0.142. The van der Waals surface area contributed by atoms with Crippen LogP contribution in [0.2, 0.25) is 0 Å². The van der Waals surface area contributed by atoms with Crippen LogP contribution in [-0.4, -0.2) is 36.2 Å². The molecule has 0 radical (unpaired) electrons. The van der Waals surface area contributed by atoms with Crippen molar-refractivity contribution in [3.05, 3.63) is 0 Å². The molecule has 0 spiro atoms. The lowest BCUT2D eigenvalue weighted by atomic mass is 9.95. The van der Waals surface area contributed by atoms with Crippen LogP contribution in [0.5, 0.6) is 0 Å². The molecule has 1 heterocycles. The van der Waals surface area contributed by atoms with Gasteiger partial charge in [0.15, 0.2) is 0 Å². The second-order valence-electron chi connectivity index (χ2n) is 5.35. The highest BCUT2D eigenvalue weighted by atomic mass is 16.5. The highest BCUT2D eigenvalue weighted by molar-refractivity contribution is 5.83. The van der Waals surface area contributed by atoms with Gasteiger partial charge in [0, 0.05) is 19.6 Å². The summed E-state index contributed by atoms with van der Waals surface area (Å²) in [5.41, 5.74) is 0. The fourth-order valence-corrected chi connectivity index (χ4v) is 2.16. The molecule has 1 saturated heterocycles. The fourth-order valence-electron chi connectivity index (χ4n) is 2.16. The van der Waals surface area contributed by atoms with E-state index >= 15 is 0 Å². The van der Waals surface area contributed by atoms with E-state index in [2.05, 4.69) is 5.32 Å². The Morgan fingerprint density at radius 3 is 2.44 bits per heavy atom. The molecule has 1 amide bonds. The molecule has 1 aliphatic heterocycles. The van der Waals surface area contributed by atoms with Crippen molar-refractivity contribution in [3.8, 4) is 0 Å². The maximum Gasteiger partial charge on any atom is 0.326 e. The molecule has 1 rings (SSSR count). The van der Waals surface area contributed by atoms with Gasteiger partial charge in [-0.05, 0) is 31.1 Å². The van der Waals surface area contributed by atoms with Gasteiger partial charge in [0.2, 0.25) is 5.91 Å². The summed E-state index contributed by atoms with van der Waals surface area (Å²) in [4.78, 5) is 22.8. The van der Waals surface area contributed by atoms with Gasteiger partial charge in [-0.3, -0.25) is 4.79 Å². The van der Waals surface area contributed by atoms with E-state index in [1.165, 1.54) is 0 Å². The number of aliphatic carboxylic acids is 1. The van der Waals surface area contributed by atoms with E-state index in [9.17, 15) is 9.59 Å². The molecule has 0 unspecified atom stereocenters. The van der Waals surface area contributed by atoms with Crippen molar-refractivity contribution in [1.82, 2.24) is 5.32 Å². The van der Waals surface area contributed by atoms with E-state index < -0.39 is 12.0 Å². The number of hydrogen-bond acceptors (Lipinski definition) is 3. The Morgan fingerprint density at radius 1 is 1.33 bits per heavy atom.